The molecule has 0 saturated heterocycles. The topological polar surface area (TPSA) is 97.4 Å². The lowest BCUT2D eigenvalue weighted by atomic mass is 10.2. The molecule has 1 fully saturated rings. The van der Waals surface area contributed by atoms with Crippen molar-refractivity contribution in [2.75, 3.05) is 5.32 Å². The van der Waals surface area contributed by atoms with Gasteiger partial charge in [-0.05, 0) is 25.0 Å². The number of carbonyl (C=O) groups excluding carboxylic acids is 1. The smallest absolute Gasteiger partial charge is 0.409 e. The highest BCUT2D eigenvalue weighted by molar-refractivity contribution is 5.96. The van der Waals surface area contributed by atoms with Gasteiger partial charge in [0.1, 0.15) is 5.76 Å². The van der Waals surface area contributed by atoms with Gasteiger partial charge in [0, 0.05) is 12.1 Å². The zero-order valence-electron chi connectivity index (χ0n) is 10.6. The average Bonchev–Trinajstić information content (AvgIpc) is 3.00. The molecule has 0 radical (unpaired) electrons. The molecular formula is C13H13N3O4. The van der Waals surface area contributed by atoms with Crippen LogP contribution < -0.4 is 5.32 Å². The number of anilines is 1. The Kier molecular flexibility index (Phi) is 3.02. The van der Waals surface area contributed by atoms with Gasteiger partial charge >= 0.3 is 6.09 Å². The minimum Gasteiger partial charge on any atom is -0.465 e. The molecule has 7 nitrogen and oxygen atoms in total. The van der Waals surface area contributed by atoms with Gasteiger partial charge < -0.3 is 9.52 Å². The molecule has 2 heterocycles. The predicted octanol–water partition coefficient (Wildman–Crippen LogP) is 2.21. The lowest BCUT2D eigenvalue weighted by Crippen LogP contribution is -2.06. The van der Waals surface area contributed by atoms with Crippen LogP contribution in [0.2, 0.25) is 0 Å². The van der Waals surface area contributed by atoms with E-state index in [1.165, 1.54) is 10.9 Å². The first kappa shape index (κ1) is 12.5. The average molecular weight is 275 g/mol. The van der Waals surface area contributed by atoms with Crippen LogP contribution in [-0.2, 0) is 6.54 Å². The van der Waals surface area contributed by atoms with Crippen LogP contribution in [0.4, 0.5) is 10.5 Å². The van der Waals surface area contributed by atoms with E-state index in [-0.39, 0.29) is 11.7 Å². The van der Waals surface area contributed by atoms with E-state index in [4.69, 9.17) is 9.52 Å². The molecule has 2 N–H and O–H groups in total. The molecule has 0 atom stereocenters. The maximum atomic E-state index is 11.8. The molecule has 3 rings (SSSR count). The summed E-state index contributed by atoms with van der Waals surface area (Å²) in [5.74, 6) is 1.19. The monoisotopic (exact) mass is 275 g/mol. The number of ketones is 1. The summed E-state index contributed by atoms with van der Waals surface area (Å²) in [6.07, 6.45) is 3.71. The van der Waals surface area contributed by atoms with Crippen molar-refractivity contribution in [1.82, 2.24) is 9.78 Å². The van der Waals surface area contributed by atoms with Crippen LogP contribution in [0.25, 0.3) is 0 Å². The van der Waals surface area contributed by atoms with Crippen LogP contribution in [0.5, 0.6) is 0 Å². The Labute approximate surface area is 114 Å². The van der Waals surface area contributed by atoms with Crippen LogP contribution in [-0.4, -0.2) is 26.8 Å². The van der Waals surface area contributed by atoms with E-state index < -0.39 is 6.09 Å². The number of carboxylic acid groups (broad SMARTS) is 1. The maximum Gasteiger partial charge on any atom is 0.409 e. The van der Waals surface area contributed by atoms with Gasteiger partial charge in [0.05, 0.1) is 18.4 Å². The molecule has 7 heteroatoms. The summed E-state index contributed by atoms with van der Waals surface area (Å²) in [7, 11) is 0. The fourth-order valence-corrected chi connectivity index (χ4v) is 1.94. The molecule has 1 aliphatic rings. The van der Waals surface area contributed by atoms with Gasteiger partial charge in [-0.1, -0.05) is 0 Å². The van der Waals surface area contributed by atoms with Crippen molar-refractivity contribution in [2.24, 2.45) is 5.92 Å². The minimum absolute atomic E-state index is 0.0601. The molecule has 0 aliphatic heterocycles. The van der Waals surface area contributed by atoms with E-state index in [9.17, 15) is 9.59 Å². The predicted molar refractivity (Wildman–Crippen MR) is 68.7 cm³/mol. The number of nitrogens with one attached hydrogen (secondary N) is 1. The first-order valence-electron chi connectivity index (χ1n) is 6.27. The van der Waals surface area contributed by atoms with Gasteiger partial charge in [-0.3, -0.25) is 14.8 Å². The number of amides is 1. The molecule has 2 aromatic heterocycles. The second-order valence-corrected chi connectivity index (χ2v) is 4.76. The van der Waals surface area contributed by atoms with Crippen LogP contribution in [0, 0.1) is 5.92 Å². The number of hydrogen-bond acceptors (Lipinski definition) is 4. The first-order chi connectivity index (χ1) is 9.61. The third-order valence-electron chi connectivity index (χ3n) is 3.05. The largest absolute Gasteiger partial charge is 0.465 e. The Morgan fingerprint density at radius 1 is 1.45 bits per heavy atom. The second-order valence-electron chi connectivity index (χ2n) is 4.76. The number of hydrogen-bond donors (Lipinski definition) is 2. The zero-order chi connectivity index (χ0) is 14.1. The fraction of sp³-hybridized carbons (Fsp3) is 0.308. The van der Waals surface area contributed by atoms with Crippen molar-refractivity contribution >= 4 is 17.6 Å². The summed E-state index contributed by atoms with van der Waals surface area (Å²) in [6.45, 7) is 0.346. The molecule has 20 heavy (non-hydrogen) atoms. The quantitative estimate of drug-likeness (QED) is 0.815. The Hall–Kier alpha value is -2.57. The molecule has 2 aromatic rings. The van der Waals surface area contributed by atoms with Crippen molar-refractivity contribution < 1.29 is 19.1 Å². The third-order valence-corrected chi connectivity index (χ3v) is 3.05. The van der Waals surface area contributed by atoms with Crippen molar-refractivity contribution in [1.29, 1.82) is 0 Å². The Bertz CT molecular complexity index is 654. The van der Waals surface area contributed by atoms with E-state index in [0.717, 1.165) is 12.8 Å². The molecule has 0 spiro atoms. The van der Waals surface area contributed by atoms with Crippen molar-refractivity contribution in [2.45, 2.75) is 19.4 Å². The van der Waals surface area contributed by atoms with Gasteiger partial charge in [-0.2, -0.15) is 5.10 Å². The van der Waals surface area contributed by atoms with E-state index >= 15 is 0 Å². The molecule has 104 valence electrons. The highest BCUT2D eigenvalue weighted by Gasteiger charge is 2.32. The number of Topliss-reactive ketones (excluding diaryl/α,β-unsaturated/α-hetero) is 1. The summed E-state index contributed by atoms with van der Waals surface area (Å²) in [6, 6.07) is 3.41. The van der Waals surface area contributed by atoms with Gasteiger partial charge in [0.15, 0.2) is 5.76 Å². The molecule has 1 amide bonds. The molecular weight excluding hydrogens is 262 g/mol. The van der Waals surface area contributed by atoms with E-state index in [1.54, 1.807) is 18.3 Å². The summed E-state index contributed by atoms with van der Waals surface area (Å²) < 4.78 is 7.03. The Balaban J connectivity index is 1.66. The number of carbonyl (C=O) groups is 2. The summed E-state index contributed by atoms with van der Waals surface area (Å²) in [4.78, 5) is 22.3. The van der Waals surface area contributed by atoms with E-state index in [0.29, 0.717) is 23.8 Å². The van der Waals surface area contributed by atoms with E-state index in [2.05, 4.69) is 10.4 Å². The summed E-state index contributed by atoms with van der Waals surface area (Å²) in [5, 5.41) is 14.8. The van der Waals surface area contributed by atoms with Crippen molar-refractivity contribution in [3.63, 3.8) is 0 Å². The van der Waals surface area contributed by atoms with Crippen molar-refractivity contribution in [3.8, 4) is 0 Å². The Morgan fingerprint density at radius 3 is 2.95 bits per heavy atom. The molecule has 1 saturated carbocycles. The lowest BCUT2D eigenvalue weighted by Gasteiger charge is -1.98. The standard InChI is InChI=1S/C13H13N3O4/c17-12(8-1-2-8)11-4-3-10(20-11)7-16-6-9(5-14-16)15-13(18)19/h3-6,8,15H,1-2,7H2,(H,18,19). The Morgan fingerprint density at radius 2 is 2.25 bits per heavy atom. The maximum absolute atomic E-state index is 11.8. The normalized spacial score (nSPS) is 14.2. The minimum atomic E-state index is -1.14. The lowest BCUT2D eigenvalue weighted by molar-refractivity contribution is 0.0938. The van der Waals surface area contributed by atoms with Gasteiger partial charge in [0.2, 0.25) is 5.78 Å². The number of rotatable bonds is 5. The highest BCUT2D eigenvalue weighted by atomic mass is 16.4. The molecule has 0 aromatic carbocycles. The second kappa shape index (κ2) is 4.84. The van der Waals surface area contributed by atoms with Gasteiger partial charge in [-0.15, -0.1) is 0 Å². The SMILES string of the molecule is O=C(O)Nc1cnn(Cc2ccc(C(=O)C3CC3)o2)c1. The van der Waals surface area contributed by atoms with Gasteiger partial charge in [-0.25, -0.2) is 4.79 Å². The molecule has 0 unspecified atom stereocenters. The molecule has 1 aliphatic carbocycles. The van der Waals surface area contributed by atoms with Gasteiger partial charge in [0.25, 0.3) is 0 Å². The number of aromatic nitrogens is 2. The van der Waals surface area contributed by atoms with E-state index in [1.807, 2.05) is 0 Å². The van der Waals surface area contributed by atoms with Crippen LogP contribution >= 0.6 is 0 Å². The summed E-state index contributed by atoms with van der Waals surface area (Å²) >= 11 is 0. The van der Waals surface area contributed by atoms with Crippen LogP contribution in [0.15, 0.2) is 28.9 Å². The first-order valence-corrected chi connectivity index (χ1v) is 6.27. The highest BCUT2D eigenvalue weighted by Crippen LogP contribution is 2.33. The molecule has 0 bridgehead atoms. The van der Waals surface area contributed by atoms with Crippen molar-refractivity contribution in [3.05, 3.63) is 36.0 Å². The van der Waals surface area contributed by atoms with Crippen LogP contribution in [0.1, 0.15) is 29.2 Å². The van der Waals surface area contributed by atoms with Crippen LogP contribution in [0.3, 0.4) is 0 Å². The zero-order valence-corrected chi connectivity index (χ0v) is 10.6. The summed E-state index contributed by atoms with van der Waals surface area (Å²) in [5.41, 5.74) is 0.387. The number of nitrogens with zero attached hydrogens (tertiary/aromatic N) is 2. The third kappa shape index (κ3) is 2.71. The fourth-order valence-electron chi connectivity index (χ4n) is 1.94. The number of furan rings is 1.